The zero-order valence-corrected chi connectivity index (χ0v) is 11.8. The van der Waals surface area contributed by atoms with Crippen LogP contribution in [0.5, 0.6) is 0 Å². The summed E-state index contributed by atoms with van der Waals surface area (Å²) in [5.74, 6) is -0.0842. The maximum absolute atomic E-state index is 10.6. The van der Waals surface area contributed by atoms with E-state index in [0.29, 0.717) is 5.92 Å². The maximum atomic E-state index is 10.6. The van der Waals surface area contributed by atoms with E-state index in [2.05, 4.69) is 30.9 Å². The van der Waals surface area contributed by atoms with Gasteiger partial charge < -0.3 is 5.11 Å². The van der Waals surface area contributed by atoms with Crippen molar-refractivity contribution in [2.24, 2.45) is 5.92 Å². The van der Waals surface area contributed by atoms with Gasteiger partial charge in [-0.25, -0.2) is 0 Å². The Kier molecular flexibility index (Phi) is 4.59. The van der Waals surface area contributed by atoms with Crippen molar-refractivity contribution in [3.63, 3.8) is 0 Å². The summed E-state index contributed by atoms with van der Waals surface area (Å²) < 4.78 is 0. The molecule has 0 spiro atoms. The van der Waals surface area contributed by atoms with Crippen molar-refractivity contribution < 1.29 is 9.90 Å². The van der Waals surface area contributed by atoms with Crippen LogP contribution < -0.4 is 0 Å². The lowest BCUT2D eigenvalue weighted by atomic mass is 10.1. The molecule has 1 saturated carbocycles. The second-order valence-corrected chi connectivity index (χ2v) is 5.94. The number of benzene rings is 1. The van der Waals surface area contributed by atoms with Crippen LogP contribution in [0.25, 0.3) is 0 Å². The molecule has 0 heterocycles. The minimum Gasteiger partial charge on any atom is -0.481 e. The molecule has 1 aliphatic carbocycles. The monoisotopic (exact) mass is 261 g/mol. The molecule has 104 valence electrons. The number of carboxylic acid groups (broad SMARTS) is 1. The van der Waals surface area contributed by atoms with Gasteiger partial charge in [-0.1, -0.05) is 38.1 Å². The van der Waals surface area contributed by atoms with Crippen molar-refractivity contribution in [1.29, 1.82) is 0 Å². The summed E-state index contributed by atoms with van der Waals surface area (Å²) in [5.41, 5.74) is 2.15. The normalized spacial score (nSPS) is 15.2. The third kappa shape index (κ3) is 4.67. The lowest BCUT2D eigenvalue weighted by Crippen LogP contribution is -2.29. The SMILES string of the molecule is CC(C)CN(Cc1ccc(CC(=O)O)cc1)C1CC1. The summed E-state index contributed by atoms with van der Waals surface area (Å²) >= 11 is 0. The molecule has 0 radical (unpaired) electrons. The second kappa shape index (κ2) is 6.20. The number of hydrogen-bond acceptors (Lipinski definition) is 2. The summed E-state index contributed by atoms with van der Waals surface area (Å²) in [6.45, 7) is 6.63. The molecule has 19 heavy (non-hydrogen) atoms. The largest absolute Gasteiger partial charge is 0.481 e. The Labute approximate surface area is 115 Å². The topological polar surface area (TPSA) is 40.5 Å². The van der Waals surface area contributed by atoms with Gasteiger partial charge >= 0.3 is 5.97 Å². The van der Waals surface area contributed by atoms with Gasteiger partial charge in [0.1, 0.15) is 0 Å². The van der Waals surface area contributed by atoms with E-state index in [1.165, 1.54) is 18.4 Å². The van der Waals surface area contributed by atoms with Gasteiger partial charge in [-0.3, -0.25) is 9.69 Å². The fourth-order valence-electron chi connectivity index (χ4n) is 2.42. The highest BCUT2D eigenvalue weighted by atomic mass is 16.4. The Hall–Kier alpha value is -1.35. The van der Waals surface area contributed by atoms with Gasteiger partial charge in [0.2, 0.25) is 0 Å². The van der Waals surface area contributed by atoms with Crippen molar-refractivity contribution in [3.8, 4) is 0 Å². The summed E-state index contributed by atoms with van der Waals surface area (Å²) in [6.07, 6.45) is 2.76. The molecule has 0 atom stereocenters. The molecule has 1 fully saturated rings. The summed E-state index contributed by atoms with van der Waals surface area (Å²) in [5, 5.41) is 8.75. The van der Waals surface area contributed by atoms with E-state index >= 15 is 0 Å². The van der Waals surface area contributed by atoms with Crippen LogP contribution in [-0.4, -0.2) is 28.6 Å². The fourth-order valence-corrected chi connectivity index (χ4v) is 2.42. The highest BCUT2D eigenvalue weighted by Crippen LogP contribution is 2.29. The highest BCUT2D eigenvalue weighted by molar-refractivity contribution is 5.70. The van der Waals surface area contributed by atoms with Crippen LogP contribution in [0.1, 0.15) is 37.8 Å². The number of nitrogens with zero attached hydrogens (tertiary/aromatic N) is 1. The van der Waals surface area contributed by atoms with E-state index in [-0.39, 0.29) is 6.42 Å². The van der Waals surface area contributed by atoms with Crippen LogP contribution in [0.3, 0.4) is 0 Å². The maximum Gasteiger partial charge on any atom is 0.307 e. The number of rotatable bonds is 7. The van der Waals surface area contributed by atoms with Crippen molar-refractivity contribution in [2.45, 2.75) is 45.7 Å². The molecule has 0 saturated heterocycles. The van der Waals surface area contributed by atoms with Crippen molar-refractivity contribution in [2.75, 3.05) is 6.54 Å². The predicted molar refractivity (Wildman–Crippen MR) is 76.1 cm³/mol. The number of aliphatic carboxylic acids is 1. The van der Waals surface area contributed by atoms with E-state index in [4.69, 9.17) is 5.11 Å². The molecule has 0 amide bonds. The van der Waals surface area contributed by atoms with Gasteiger partial charge in [0, 0.05) is 19.1 Å². The van der Waals surface area contributed by atoms with Crippen molar-refractivity contribution in [1.82, 2.24) is 4.90 Å². The van der Waals surface area contributed by atoms with Crippen molar-refractivity contribution in [3.05, 3.63) is 35.4 Å². The quantitative estimate of drug-likeness (QED) is 0.820. The first-order chi connectivity index (χ1) is 9.04. The van der Waals surface area contributed by atoms with E-state index < -0.39 is 5.97 Å². The van der Waals surface area contributed by atoms with Gasteiger partial charge in [-0.05, 0) is 29.9 Å². The van der Waals surface area contributed by atoms with Gasteiger partial charge in [0.05, 0.1) is 6.42 Å². The number of hydrogen-bond donors (Lipinski definition) is 1. The zero-order valence-electron chi connectivity index (χ0n) is 11.8. The standard InChI is InChI=1S/C16H23NO2/c1-12(2)10-17(15-7-8-15)11-14-5-3-13(4-6-14)9-16(18)19/h3-6,12,15H,7-11H2,1-2H3,(H,18,19). The van der Waals surface area contributed by atoms with Gasteiger partial charge in [-0.2, -0.15) is 0 Å². The van der Waals surface area contributed by atoms with Crippen molar-refractivity contribution >= 4 is 5.97 Å². The molecule has 0 aromatic heterocycles. The molecule has 3 nitrogen and oxygen atoms in total. The van der Waals surface area contributed by atoms with Crippen LogP contribution in [0, 0.1) is 5.92 Å². The minimum atomic E-state index is -0.771. The third-order valence-corrected chi connectivity index (χ3v) is 3.43. The molecule has 1 aromatic rings. The van der Waals surface area contributed by atoms with Gasteiger partial charge in [-0.15, -0.1) is 0 Å². The first-order valence-corrected chi connectivity index (χ1v) is 7.08. The van der Waals surface area contributed by atoms with Gasteiger partial charge in [0.25, 0.3) is 0 Å². The van der Waals surface area contributed by atoms with E-state index in [1.807, 2.05) is 12.1 Å². The molecule has 0 unspecified atom stereocenters. The van der Waals surface area contributed by atoms with Crippen LogP contribution >= 0.6 is 0 Å². The van der Waals surface area contributed by atoms with Crippen LogP contribution in [-0.2, 0) is 17.8 Å². The Morgan fingerprint density at radius 2 is 1.84 bits per heavy atom. The zero-order chi connectivity index (χ0) is 13.8. The Morgan fingerprint density at radius 3 is 2.32 bits per heavy atom. The molecule has 0 aliphatic heterocycles. The summed E-state index contributed by atoms with van der Waals surface area (Å²) in [4.78, 5) is 13.2. The van der Waals surface area contributed by atoms with Crippen LogP contribution in [0.2, 0.25) is 0 Å². The molecule has 1 aliphatic rings. The Balaban J connectivity index is 1.95. The molecular weight excluding hydrogens is 238 g/mol. The van der Waals surface area contributed by atoms with E-state index in [9.17, 15) is 4.79 Å². The summed E-state index contributed by atoms with van der Waals surface area (Å²) in [6, 6.07) is 8.76. The predicted octanol–water partition coefficient (Wildman–Crippen LogP) is 2.93. The summed E-state index contributed by atoms with van der Waals surface area (Å²) in [7, 11) is 0. The fraction of sp³-hybridized carbons (Fsp3) is 0.562. The average Bonchev–Trinajstić information content (AvgIpc) is 3.13. The Bertz CT molecular complexity index is 421. The second-order valence-electron chi connectivity index (χ2n) is 5.94. The first kappa shape index (κ1) is 14.1. The van der Waals surface area contributed by atoms with E-state index in [1.54, 1.807) is 0 Å². The lowest BCUT2D eigenvalue weighted by Gasteiger charge is -2.24. The molecule has 3 heteroatoms. The van der Waals surface area contributed by atoms with Crippen LogP contribution in [0.4, 0.5) is 0 Å². The third-order valence-electron chi connectivity index (χ3n) is 3.43. The highest BCUT2D eigenvalue weighted by Gasteiger charge is 2.29. The Morgan fingerprint density at radius 1 is 1.26 bits per heavy atom. The minimum absolute atomic E-state index is 0.110. The first-order valence-electron chi connectivity index (χ1n) is 7.08. The average molecular weight is 261 g/mol. The number of carbonyl (C=O) groups is 1. The lowest BCUT2D eigenvalue weighted by molar-refractivity contribution is -0.136. The van der Waals surface area contributed by atoms with Gasteiger partial charge in [0.15, 0.2) is 0 Å². The molecule has 2 rings (SSSR count). The molecule has 1 N–H and O–H groups in total. The smallest absolute Gasteiger partial charge is 0.307 e. The molecule has 0 bridgehead atoms. The van der Waals surface area contributed by atoms with E-state index in [0.717, 1.165) is 24.7 Å². The molecular formula is C16H23NO2. The number of carboxylic acids is 1. The molecule has 1 aromatic carbocycles. The van der Waals surface area contributed by atoms with Crippen LogP contribution in [0.15, 0.2) is 24.3 Å².